The number of aromatic nitrogens is 6. The second-order valence-electron chi connectivity index (χ2n) is 6.69. The number of methoxy groups -OCH3 is 1. The van der Waals surface area contributed by atoms with Gasteiger partial charge in [-0.2, -0.15) is 0 Å². The summed E-state index contributed by atoms with van der Waals surface area (Å²) in [6, 6.07) is 3.79. The third-order valence-corrected chi connectivity index (χ3v) is 4.46. The van der Waals surface area contributed by atoms with E-state index in [2.05, 4.69) is 35.2 Å². The van der Waals surface area contributed by atoms with Gasteiger partial charge in [-0.1, -0.05) is 0 Å². The van der Waals surface area contributed by atoms with Crippen LogP contribution in [-0.2, 0) is 0 Å². The van der Waals surface area contributed by atoms with Gasteiger partial charge >= 0.3 is 0 Å². The van der Waals surface area contributed by atoms with Crippen molar-refractivity contribution in [1.82, 2.24) is 29.9 Å². The molecule has 28 heavy (non-hydrogen) atoms. The van der Waals surface area contributed by atoms with Crippen LogP contribution in [0.4, 0.5) is 5.82 Å². The molecule has 1 aromatic carbocycles. The molecule has 1 atom stereocenters. The van der Waals surface area contributed by atoms with E-state index in [1.807, 2.05) is 39.1 Å². The molecular formula is C20H21N7O. The zero-order valence-electron chi connectivity index (χ0n) is 16.2. The van der Waals surface area contributed by atoms with E-state index in [0.717, 1.165) is 33.5 Å². The summed E-state index contributed by atoms with van der Waals surface area (Å²) < 4.78 is 5.56. The highest BCUT2D eigenvalue weighted by Crippen LogP contribution is 2.34. The van der Waals surface area contributed by atoms with Gasteiger partial charge in [-0.3, -0.25) is 0 Å². The molecule has 4 aromatic rings. The normalized spacial score (nSPS) is 12.1. The lowest BCUT2D eigenvalue weighted by atomic mass is 10.1. The highest BCUT2D eigenvalue weighted by atomic mass is 16.5. The Labute approximate surface area is 162 Å². The van der Waals surface area contributed by atoms with Gasteiger partial charge < -0.3 is 15.0 Å². The maximum absolute atomic E-state index is 5.56. The first-order valence-corrected chi connectivity index (χ1v) is 8.95. The van der Waals surface area contributed by atoms with Gasteiger partial charge in [0.25, 0.3) is 0 Å². The molecule has 0 saturated heterocycles. The molecule has 3 heterocycles. The zero-order valence-corrected chi connectivity index (χ0v) is 16.2. The fourth-order valence-electron chi connectivity index (χ4n) is 3.00. The minimum absolute atomic E-state index is 0.0482. The summed E-state index contributed by atoms with van der Waals surface area (Å²) >= 11 is 0. The van der Waals surface area contributed by atoms with Crippen LogP contribution in [0.1, 0.15) is 30.0 Å². The molecule has 0 fully saturated rings. The van der Waals surface area contributed by atoms with E-state index in [1.165, 1.54) is 6.33 Å². The summed E-state index contributed by atoms with van der Waals surface area (Å²) in [6.07, 6.45) is 6.91. The number of nitrogens with one attached hydrogen (secondary N) is 2. The molecule has 0 aliphatic rings. The van der Waals surface area contributed by atoms with Crippen LogP contribution >= 0.6 is 0 Å². The molecule has 0 bridgehead atoms. The number of benzene rings is 1. The van der Waals surface area contributed by atoms with Crippen LogP contribution < -0.4 is 10.1 Å². The van der Waals surface area contributed by atoms with E-state index in [9.17, 15) is 0 Å². The lowest BCUT2D eigenvalue weighted by molar-refractivity contribution is 0.416. The van der Waals surface area contributed by atoms with Crippen LogP contribution in [0.5, 0.6) is 5.75 Å². The topological polar surface area (TPSA) is 102 Å². The molecule has 0 saturated carbocycles. The monoisotopic (exact) mass is 375 g/mol. The number of fused-ring (bicyclic) bond motifs is 1. The van der Waals surface area contributed by atoms with E-state index in [1.54, 1.807) is 19.5 Å². The number of hydrogen-bond acceptors (Lipinski definition) is 7. The largest absolute Gasteiger partial charge is 0.496 e. The maximum Gasteiger partial charge on any atom is 0.162 e. The molecule has 0 spiro atoms. The molecule has 0 radical (unpaired) electrons. The minimum atomic E-state index is -0.0482. The smallest absolute Gasteiger partial charge is 0.162 e. The molecule has 0 aliphatic heterocycles. The molecule has 8 nitrogen and oxygen atoms in total. The van der Waals surface area contributed by atoms with E-state index >= 15 is 0 Å². The minimum Gasteiger partial charge on any atom is -0.496 e. The molecule has 142 valence electrons. The van der Waals surface area contributed by atoms with Crippen molar-refractivity contribution in [3.8, 4) is 17.1 Å². The van der Waals surface area contributed by atoms with Crippen LogP contribution in [0, 0.1) is 13.8 Å². The third-order valence-electron chi connectivity index (χ3n) is 4.46. The molecule has 4 rings (SSSR count). The van der Waals surface area contributed by atoms with E-state index in [-0.39, 0.29) is 6.04 Å². The highest BCUT2D eigenvalue weighted by molar-refractivity contribution is 5.94. The predicted octanol–water partition coefficient (Wildman–Crippen LogP) is 3.61. The first-order chi connectivity index (χ1) is 13.5. The van der Waals surface area contributed by atoms with Crippen LogP contribution in [-0.4, -0.2) is 37.0 Å². The summed E-state index contributed by atoms with van der Waals surface area (Å²) in [5.41, 5.74) is 3.57. The van der Waals surface area contributed by atoms with Crippen LogP contribution in [0.15, 0.2) is 37.1 Å². The zero-order chi connectivity index (χ0) is 19.7. The second kappa shape index (κ2) is 7.22. The molecule has 0 aliphatic carbocycles. The summed E-state index contributed by atoms with van der Waals surface area (Å²) in [4.78, 5) is 25.3. The van der Waals surface area contributed by atoms with E-state index in [0.29, 0.717) is 17.4 Å². The fourth-order valence-corrected chi connectivity index (χ4v) is 3.00. The number of rotatable bonds is 5. The van der Waals surface area contributed by atoms with Crippen molar-refractivity contribution in [3.63, 3.8) is 0 Å². The fraction of sp³-hybridized carbons (Fsp3) is 0.250. The average molecular weight is 375 g/mol. The Morgan fingerprint density at radius 2 is 1.79 bits per heavy atom. The van der Waals surface area contributed by atoms with Gasteiger partial charge in [-0.05, 0) is 32.4 Å². The van der Waals surface area contributed by atoms with E-state index < -0.39 is 0 Å². The molecule has 2 N–H and O–H groups in total. The number of imidazole rings is 1. The quantitative estimate of drug-likeness (QED) is 0.549. The molecule has 0 unspecified atom stereocenters. The van der Waals surface area contributed by atoms with Crippen LogP contribution in [0.2, 0.25) is 0 Å². The van der Waals surface area contributed by atoms with Crippen molar-refractivity contribution >= 4 is 16.7 Å². The first kappa shape index (κ1) is 17.8. The summed E-state index contributed by atoms with van der Waals surface area (Å²) in [6.45, 7) is 5.96. The summed E-state index contributed by atoms with van der Waals surface area (Å²) in [5, 5.41) is 4.27. The van der Waals surface area contributed by atoms with Crippen molar-refractivity contribution in [2.45, 2.75) is 26.8 Å². The predicted molar refractivity (Wildman–Crippen MR) is 107 cm³/mol. The highest BCUT2D eigenvalue weighted by Gasteiger charge is 2.16. The second-order valence-corrected chi connectivity index (χ2v) is 6.69. The van der Waals surface area contributed by atoms with Crippen molar-refractivity contribution in [3.05, 3.63) is 54.1 Å². The maximum atomic E-state index is 5.56. The molecular weight excluding hydrogens is 354 g/mol. The lowest BCUT2D eigenvalue weighted by Crippen LogP contribution is -2.10. The molecule has 8 heteroatoms. The lowest BCUT2D eigenvalue weighted by Gasteiger charge is -2.15. The van der Waals surface area contributed by atoms with Gasteiger partial charge in [-0.15, -0.1) is 0 Å². The number of nitrogens with zero attached hydrogens (tertiary/aromatic N) is 5. The Bertz CT molecular complexity index is 1120. The van der Waals surface area contributed by atoms with Gasteiger partial charge in [0.05, 0.1) is 24.2 Å². The third kappa shape index (κ3) is 3.36. The van der Waals surface area contributed by atoms with Gasteiger partial charge in [0.2, 0.25) is 0 Å². The molecule has 3 aromatic heterocycles. The van der Waals surface area contributed by atoms with Crippen molar-refractivity contribution < 1.29 is 4.74 Å². The number of ether oxygens (including phenoxy) is 1. The van der Waals surface area contributed by atoms with E-state index in [4.69, 9.17) is 4.74 Å². The Morgan fingerprint density at radius 1 is 1.00 bits per heavy atom. The Morgan fingerprint density at radius 3 is 2.46 bits per heavy atom. The first-order valence-electron chi connectivity index (χ1n) is 8.95. The van der Waals surface area contributed by atoms with Crippen molar-refractivity contribution in [2.24, 2.45) is 0 Å². The Hall–Kier alpha value is -3.55. The molecule has 0 amide bonds. The van der Waals surface area contributed by atoms with Gasteiger partial charge in [0.15, 0.2) is 5.82 Å². The van der Waals surface area contributed by atoms with Crippen LogP contribution in [0.3, 0.4) is 0 Å². The number of aryl methyl sites for hydroxylation is 2. The Balaban J connectivity index is 1.79. The van der Waals surface area contributed by atoms with Crippen molar-refractivity contribution in [1.29, 1.82) is 0 Å². The van der Waals surface area contributed by atoms with Crippen LogP contribution in [0.25, 0.3) is 22.3 Å². The van der Waals surface area contributed by atoms with Crippen molar-refractivity contribution in [2.75, 3.05) is 12.4 Å². The Kier molecular flexibility index (Phi) is 4.60. The standard InChI is InChI=1S/C20H21N7O/c1-11-7-21-19(22-8-11)15-5-14-16(6-17(15)28-4)24-10-25-20(14)27-13(3)18-23-9-12(2)26-18/h5-10,13H,1-4H3,(H,23,26)(H,24,25,27)/t13-/m1/s1. The van der Waals surface area contributed by atoms with Gasteiger partial charge in [0, 0.05) is 35.7 Å². The number of aromatic amines is 1. The number of anilines is 1. The SMILES string of the molecule is COc1cc2ncnc(N[C@H](C)c3ncc(C)[nH]3)c2cc1-c1ncc(C)cn1. The summed E-state index contributed by atoms with van der Waals surface area (Å²) in [5.74, 6) is 2.81. The summed E-state index contributed by atoms with van der Waals surface area (Å²) in [7, 11) is 1.63. The average Bonchev–Trinajstić information content (AvgIpc) is 3.14. The van der Waals surface area contributed by atoms with Gasteiger partial charge in [0.1, 0.15) is 23.7 Å². The number of H-pyrrole nitrogens is 1. The van der Waals surface area contributed by atoms with Gasteiger partial charge in [-0.25, -0.2) is 24.9 Å². The number of hydrogen-bond donors (Lipinski definition) is 2.